The van der Waals surface area contributed by atoms with Gasteiger partial charge in [0.05, 0.1) is 11.9 Å². The Labute approximate surface area is 218 Å². The largest absolute Gasteiger partial charge is 0.384 e. The van der Waals surface area contributed by atoms with E-state index in [1.165, 1.54) is 12.8 Å². The summed E-state index contributed by atoms with van der Waals surface area (Å²) in [5.74, 6) is 0.980. The monoisotopic (exact) mass is 499 g/mol. The molecule has 0 unspecified atom stereocenters. The Morgan fingerprint density at radius 3 is 2.62 bits per heavy atom. The summed E-state index contributed by atoms with van der Waals surface area (Å²) < 4.78 is 0. The molecule has 3 heterocycles. The third-order valence-corrected chi connectivity index (χ3v) is 7.71. The molecule has 1 aliphatic carbocycles. The van der Waals surface area contributed by atoms with Crippen LogP contribution in [0.25, 0.3) is 11.1 Å². The predicted octanol–water partition coefficient (Wildman–Crippen LogP) is 4.20. The molecule has 0 spiro atoms. The molecule has 6 N–H and O–H groups in total. The second kappa shape index (κ2) is 10.8. The number of nitrogens with one attached hydrogen (secondary N) is 2. The van der Waals surface area contributed by atoms with Crippen LogP contribution in [-0.4, -0.2) is 46.6 Å². The van der Waals surface area contributed by atoms with E-state index in [0.717, 1.165) is 61.4 Å². The van der Waals surface area contributed by atoms with Crippen LogP contribution in [-0.2, 0) is 0 Å². The second-order valence-electron chi connectivity index (χ2n) is 10.7. The molecule has 1 saturated carbocycles. The van der Waals surface area contributed by atoms with Crippen molar-refractivity contribution in [1.82, 2.24) is 15.3 Å². The van der Waals surface area contributed by atoms with Crippen molar-refractivity contribution in [2.75, 3.05) is 29.0 Å². The number of piperidine rings is 1. The van der Waals surface area contributed by atoms with Gasteiger partial charge in [0.1, 0.15) is 11.6 Å². The molecule has 1 saturated heterocycles. The van der Waals surface area contributed by atoms with Crippen LogP contribution in [0.1, 0.15) is 55.8 Å². The molecular weight excluding hydrogens is 462 g/mol. The quantitative estimate of drug-likeness (QED) is 0.384. The van der Waals surface area contributed by atoms with E-state index in [0.29, 0.717) is 23.5 Å². The van der Waals surface area contributed by atoms with Crippen molar-refractivity contribution >= 4 is 23.2 Å². The minimum Gasteiger partial charge on any atom is -0.384 e. The van der Waals surface area contributed by atoms with Gasteiger partial charge in [0, 0.05) is 42.5 Å². The molecule has 8 heteroatoms. The topological polar surface area (TPSA) is 122 Å². The number of carbonyl (C=O) groups excluding carboxylic acids is 1. The van der Waals surface area contributed by atoms with Gasteiger partial charge in [0.2, 0.25) is 5.91 Å². The van der Waals surface area contributed by atoms with Crippen LogP contribution in [0.15, 0.2) is 60.9 Å². The molecule has 8 nitrogen and oxygen atoms in total. The molecule has 2 fully saturated rings. The lowest BCUT2D eigenvalue weighted by Gasteiger charge is -2.46. The Hall–Kier alpha value is -3.65. The van der Waals surface area contributed by atoms with Gasteiger partial charge >= 0.3 is 0 Å². The highest BCUT2D eigenvalue weighted by atomic mass is 16.1. The number of amides is 1. The lowest BCUT2D eigenvalue weighted by molar-refractivity contribution is 0.100. The van der Waals surface area contributed by atoms with E-state index in [2.05, 4.69) is 44.6 Å². The summed E-state index contributed by atoms with van der Waals surface area (Å²) in [7, 11) is 0. The molecule has 2 aromatic heterocycles. The Morgan fingerprint density at radius 2 is 1.84 bits per heavy atom. The van der Waals surface area contributed by atoms with Gasteiger partial charge in [-0.05, 0) is 80.1 Å². The zero-order valence-electron chi connectivity index (χ0n) is 21.5. The molecule has 2 aliphatic rings. The van der Waals surface area contributed by atoms with Gasteiger partial charge in [-0.3, -0.25) is 4.79 Å². The molecular formula is C29H37N7O. The maximum absolute atomic E-state index is 11.6. The summed E-state index contributed by atoms with van der Waals surface area (Å²) >= 11 is 0. The lowest BCUT2D eigenvalue weighted by Crippen LogP contribution is -2.61. The molecule has 1 amide bonds. The zero-order valence-corrected chi connectivity index (χ0v) is 21.5. The van der Waals surface area contributed by atoms with Crippen molar-refractivity contribution in [2.24, 2.45) is 5.73 Å². The van der Waals surface area contributed by atoms with Gasteiger partial charge in [0.15, 0.2) is 0 Å². The number of hydrogen-bond acceptors (Lipinski definition) is 7. The first kappa shape index (κ1) is 25.0. The van der Waals surface area contributed by atoms with Crippen LogP contribution < -0.4 is 27.0 Å². The number of nitrogens with two attached hydrogens (primary N) is 2. The molecule has 0 bridgehead atoms. The third-order valence-electron chi connectivity index (χ3n) is 7.71. The number of hydrogen-bond donors (Lipinski definition) is 4. The first-order valence-corrected chi connectivity index (χ1v) is 13.3. The standard InChI is InChI=1S/C29H37N7O/c1-29(13-5-15-36(19-29)23-10-11-26(30)33-18-23)35-25-9-3-2-8-24(25)34-27-17-21(12-14-32-27)20-6-4-7-22(16-20)28(31)37/h4,6-7,10-12,14,16-18,24-25,35H,2-3,5,8-9,13,15,19H2,1H3,(H2,30,33)(H2,31,37)(H,32,34)/t24-,25-,29+/m1/s1. The van der Waals surface area contributed by atoms with Crippen molar-refractivity contribution in [3.8, 4) is 11.1 Å². The van der Waals surface area contributed by atoms with E-state index < -0.39 is 5.91 Å². The normalized spacial score (nSPS) is 24.0. The average Bonchev–Trinajstić information content (AvgIpc) is 2.90. The van der Waals surface area contributed by atoms with Crippen LogP contribution >= 0.6 is 0 Å². The molecule has 3 aromatic rings. The maximum atomic E-state index is 11.6. The second-order valence-corrected chi connectivity index (χ2v) is 10.7. The van der Waals surface area contributed by atoms with Crippen molar-refractivity contribution in [3.05, 3.63) is 66.5 Å². The fourth-order valence-corrected chi connectivity index (χ4v) is 5.82. The molecule has 37 heavy (non-hydrogen) atoms. The first-order chi connectivity index (χ1) is 17.9. The number of rotatable bonds is 7. The highest BCUT2D eigenvalue weighted by Crippen LogP contribution is 2.30. The van der Waals surface area contributed by atoms with Crippen LogP contribution in [0.4, 0.5) is 17.3 Å². The third kappa shape index (κ3) is 6.02. The summed E-state index contributed by atoms with van der Waals surface area (Å²) in [6, 6.07) is 16.0. The number of primary amides is 1. The molecule has 1 aromatic carbocycles. The SMILES string of the molecule is C[C@]1(N[C@@H]2CCCC[C@H]2Nc2cc(-c3cccc(C(N)=O)c3)ccn2)CCCN(c2ccc(N)nc2)C1. The molecule has 0 radical (unpaired) electrons. The number of carbonyl (C=O) groups is 1. The van der Waals surface area contributed by atoms with Crippen LogP contribution in [0.2, 0.25) is 0 Å². The number of aromatic nitrogens is 2. The van der Waals surface area contributed by atoms with Gasteiger partial charge in [-0.2, -0.15) is 0 Å². The van der Waals surface area contributed by atoms with E-state index in [9.17, 15) is 4.79 Å². The number of pyridine rings is 2. The van der Waals surface area contributed by atoms with Gasteiger partial charge in [-0.25, -0.2) is 9.97 Å². The first-order valence-electron chi connectivity index (χ1n) is 13.3. The highest BCUT2D eigenvalue weighted by molar-refractivity contribution is 5.94. The summed E-state index contributed by atoms with van der Waals surface area (Å²) in [4.78, 5) is 23.0. The van der Waals surface area contributed by atoms with Crippen LogP contribution in [0.5, 0.6) is 0 Å². The van der Waals surface area contributed by atoms with E-state index in [1.807, 2.05) is 42.7 Å². The van der Waals surface area contributed by atoms with Crippen LogP contribution in [0.3, 0.4) is 0 Å². The summed E-state index contributed by atoms with van der Waals surface area (Å²) in [6.07, 6.45) is 10.6. The minimum atomic E-state index is -0.423. The Balaban J connectivity index is 1.29. The summed E-state index contributed by atoms with van der Waals surface area (Å²) in [5, 5.41) is 7.79. The Morgan fingerprint density at radius 1 is 1.03 bits per heavy atom. The van der Waals surface area contributed by atoms with Gasteiger partial charge in [-0.15, -0.1) is 0 Å². The molecule has 5 rings (SSSR count). The smallest absolute Gasteiger partial charge is 0.248 e. The number of anilines is 3. The van der Waals surface area contributed by atoms with Crippen molar-refractivity contribution in [2.45, 2.75) is 63.1 Å². The number of nitrogen functional groups attached to an aromatic ring is 1. The Kier molecular flexibility index (Phi) is 7.28. The molecule has 3 atom stereocenters. The van der Waals surface area contributed by atoms with E-state index >= 15 is 0 Å². The zero-order chi connectivity index (χ0) is 25.8. The fourth-order valence-electron chi connectivity index (χ4n) is 5.82. The van der Waals surface area contributed by atoms with E-state index in [4.69, 9.17) is 11.5 Å². The highest BCUT2D eigenvalue weighted by Gasteiger charge is 2.36. The number of nitrogens with zero attached hydrogens (tertiary/aromatic N) is 3. The van der Waals surface area contributed by atoms with Crippen molar-refractivity contribution in [3.63, 3.8) is 0 Å². The van der Waals surface area contributed by atoms with Crippen molar-refractivity contribution < 1.29 is 4.79 Å². The average molecular weight is 500 g/mol. The van der Waals surface area contributed by atoms with E-state index in [-0.39, 0.29) is 5.54 Å². The fraction of sp³-hybridized carbons (Fsp3) is 0.414. The van der Waals surface area contributed by atoms with Gasteiger partial charge in [-0.1, -0.05) is 25.0 Å². The summed E-state index contributed by atoms with van der Waals surface area (Å²) in [6.45, 7) is 4.31. The van der Waals surface area contributed by atoms with E-state index in [1.54, 1.807) is 6.07 Å². The van der Waals surface area contributed by atoms with Crippen molar-refractivity contribution in [1.29, 1.82) is 0 Å². The Bertz CT molecular complexity index is 1230. The van der Waals surface area contributed by atoms with Gasteiger partial charge in [0.25, 0.3) is 0 Å². The maximum Gasteiger partial charge on any atom is 0.248 e. The van der Waals surface area contributed by atoms with Gasteiger partial charge < -0.3 is 27.0 Å². The lowest BCUT2D eigenvalue weighted by atomic mass is 9.84. The summed E-state index contributed by atoms with van der Waals surface area (Å²) in [5.41, 5.74) is 14.9. The molecule has 1 aliphatic heterocycles. The predicted molar refractivity (Wildman–Crippen MR) is 149 cm³/mol. The minimum absolute atomic E-state index is 0.00600. The van der Waals surface area contributed by atoms with Crippen LogP contribution in [0, 0.1) is 0 Å². The number of benzene rings is 1. The molecule has 194 valence electrons.